The lowest BCUT2D eigenvalue weighted by atomic mass is 10.2. The summed E-state index contributed by atoms with van der Waals surface area (Å²) in [7, 11) is -0.824. The molecule has 1 aromatic rings. The molecule has 0 fully saturated rings. The maximum absolute atomic E-state index is 12.0. The molecule has 0 aliphatic heterocycles. The lowest BCUT2D eigenvalue weighted by Gasteiger charge is -2.14. The van der Waals surface area contributed by atoms with Crippen molar-refractivity contribution in [1.29, 1.82) is 0 Å². The smallest absolute Gasteiger partial charge is 0.268 e. The molecule has 0 spiro atoms. The molecule has 0 aliphatic rings. The van der Waals surface area contributed by atoms with Crippen LogP contribution in [0.4, 0.5) is 5.69 Å². The van der Waals surface area contributed by atoms with Crippen LogP contribution in [0, 0.1) is 0 Å². The molecule has 1 rings (SSSR count). The highest BCUT2D eigenvalue weighted by atomic mass is 32.2. The Hall–Kier alpha value is -1.30. The molecule has 18 heavy (non-hydrogen) atoms. The number of nitrogens with two attached hydrogens (primary N) is 1. The molecule has 1 aromatic heterocycles. The molecule has 2 atom stereocenters. The Morgan fingerprint density at radius 3 is 2.83 bits per heavy atom. The van der Waals surface area contributed by atoms with Crippen molar-refractivity contribution in [2.45, 2.75) is 32.9 Å². The number of nitrogens with one attached hydrogen (secondary N) is 1. The van der Waals surface area contributed by atoms with Crippen molar-refractivity contribution in [3.63, 3.8) is 0 Å². The minimum atomic E-state index is -0.824. The molecule has 3 N–H and O–H groups in total. The van der Waals surface area contributed by atoms with Gasteiger partial charge in [0, 0.05) is 41.6 Å². The molecule has 6 heteroatoms. The third-order valence-electron chi connectivity index (χ3n) is 2.71. The Bertz CT molecular complexity index is 443. The quantitative estimate of drug-likeness (QED) is 0.809. The predicted molar refractivity (Wildman–Crippen MR) is 75.0 cm³/mol. The summed E-state index contributed by atoms with van der Waals surface area (Å²) in [6.45, 7) is 4.57. The van der Waals surface area contributed by atoms with E-state index in [1.54, 1.807) is 18.5 Å². The molecular weight excluding hydrogens is 250 g/mol. The van der Waals surface area contributed by atoms with E-state index < -0.39 is 10.8 Å². The van der Waals surface area contributed by atoms with Gasteiger partial charge in [-0.3, -0.25) is 9.00 Å². The number of amides is 1. The van der Waals surface area contributed by atoms with Crippen LogP contribution in [-0.2, 0) is 17.3 Å². The summed E-state index contributed by atoms with van der Waals surface area (Å²) < 4.78 is 12.8. The number of nitrogen functional groups attached to an aromatic ring is 1. The molecular formula is C12H21N3O2S. The number of hydrogen-bond donors (Lipinski definition) is 2. The zero-order valence-electron chi connectivity index (χ0n) is 11.1. The van der Waals surface area contributed by atoms with E-state index in [-0.39, 0.29) is 11.9 Å². The first-order valence-electron chi connectivity index (χ1n) is 6.00. The molecule has 0 saturated carbocycles. The Labute approximate surface area is 110 Å². The van der Waals surface area contributed by atoms with E-state index in [2.05, 4.69) is 5.32 Å². The van der Waals surface area contributed by atoms with Crippen LogP contribution in [0.15, 0.2) is 12.3 Å². The highest BCUT2D eigenvalue weighted by Gasteiger charge is 2.14. The van der Waals surface area contributed by atoms with Crippen molar-refractivity contribution >= 4 is 22.4 Å². The molecule has 2 unspecified atom stereocenters. The zero-order chi connectivity index (χ0) is 13.7. The fourth-order valence-corrected chi connectivity index (χ4v) is 2.38. The molecule has 5 nitrogen and oxygen atoms in total. The lowest BCUT2D eigenvalue weighted by molar-refractivity contribution is 0.0930. The van der Waals surface area contributed by atoms with Crippen LogP contribution in [0.2, 0.25) is 0 Å². The molecule has 0 aliphatic carbocycles. The van der Waals surface area contributed by atoms with Crippen LogP contribution in [0.3, 0.4) is 0 Å². The number of aryl methyl sites for hydroxylation is 1. The SMILES string of the molecule is CCn1cc(N)cc1C(=O)NC(C)CCS(C)=O. The van der Waals surface area contributed by atoms with E-state index in [9.17, 15) is 9.00 Å². The molecule has 1 heterocycles. The normalized spacial score (nSPS) is 14.2. The first kappa shape index (κ1) is 14.8. The maximum atomic E-state index is 12.0. The van der Waals surface area contributed by atoms with Gasteiger partial charge in [-0.05, 0) is 26.3 Å². The minimum absolute atomic E-state index is 0.00262. The highest BCUT2D eigenvalue weighted by molar-refractivity contribution is 7.84. The van der Waals surface area contributed by atoms with Crippen molar-refractivity contribution in [2.24, 2.45) is 0 Å². The lowest BCUT2D eigenvalue weighted by Crippen LogP contribution is -2.34. The molecule has 0 aromatic carbocycles. The maximum Gasteiger partial charge on any atom is 0.268 e. The van der Waals surface area contributed by atoms with Gasteiger partial charge in [-0.25, -0.2) is 0 Å². The summed E-state index contributed by atoms with van der Waals surface area (Å²) in [5, 5.41) is 2.89. The summed E-state index contributed by atoms with van der Waals surface area (Å²) in [4.78, 5) is 12.0. The number of rotatable bonds is 6. The standard InChI is InChI=1S/C12H21N3O2S/c1-4-15-8-10(13)7-11(15)12(16)14-9(2)5-6-18(3)17/h7-9H,4-6,13H2,1-3H3,(H,14,16). The van der Waals surface area contributed by atoms with E-state index in [0.29, 0.717) is 30.1 Å². The van der Waals surface area contributed by atoms with Gasteiger partial charge in [0.25, 0.3) is 5.91 Å². The van der Waals surface area contributed by atoms with Crippen molar-refractivity contribution < 1.29 is 9.00 Å². The summed E-state index contributed by atoms with van der Waals surface area (Å²) in [5.74, 6) is 0.459. The van der Waals surface area contributed by atoms with Gasteiger partial charge >= 0.3 is 0 Å². The first-order chi connectivity index (χ1) is 8.43. The number of anilines is 1. The third-order valence-corrected chi connectivity index (χ3v) is 3.52. The number of carbonyl (C=O) groups excluding carboxylic acids is 1. The largest absolute Gasteiger partial charge is 0.397 e. The fraction of sp³-hybridized carbons (Fsp3) is 0.583. The summed E-state index contributed by atoms with van der Waals surface area (Å²) >= 11 is 0. The molecule has 102 valence electrons. The van der Waals surface area contributed by atoms with Gasteiger partial charge < -0.3 is 15.6 Å². The predicted octanol–water partition coefficient (Wildman–Crippen LogP) is 0.977. The topological polar surface area (TPSA) is 77.1 Å². The van der Waals surface area contributed by atoms with Gasteiger partial charge in [-0.1, -0.05) is 0 Å². The van der Waals surface area contributed by atoms with Crippen LogP contribution in [0.25, 0.3) is 0 Å². The van der Waals surface area contributed by atoms with Gasteiger partial charge in [0.15, 0.2) is 0 Å². The number of aromatic nitrogens is 1. The van der Waals surface area contributed by atoms with Crippen LogP contribution in [0.5, 0.6) is 0 Å². The van der Waals surface area contributed by atoms with Crippen molar-refractivity contribution in [1.82, 2.24) is 9.88 Å². The second kappa shape index (κ2) is 6.58. The average molecular weight is 271 g/mol. The second-order valence-corrected chi connectivity index (χ2v) is 5.94. The zero-order valence-corrected chi connectivity index (χ0v) is 11.9. The summed E-state index contributed by atoms with van der Waals surface area (Å²) in [5.41, 5.74) is 6.84. The Morgan fingerprint density at radius 2 is 2.28 bits per heavy atom. The van der Waals surface area contributed by atoms with Crippen LogP contribution < -0.4 is 11.1 Å². The van der Waals surface area contributed by atoms with Gasteiger partial charge in [0.2, 0.25) is 0 Å². The highest BCUT2D eigenvalue weighted by Crippen LogP contribution is 2.10. The van der Waals surface area contributed by atoms with Crippen LogP contribution >= 0.6 is 0 Å². The van der Waals surface area contributed by atoms with Gasteiger partial charge in [0.05, 0.1) is 5.69 Å². The monoisotopic (exact) mass is 271 g/mol. The van der Waals surface area contributed by atoms with Crippen LogP contribution in [0.1, 0.15) is 30.8 Å². The van der Waals surface area contributed by atoms with E-state index in [1.165, 1.54) is 0 Å². The Morgan fingerprint density at radius 1 is 1.61 bits per heavy atom. The Kier molecular flexibility index (Phi) is 5.40. The third kappa shape index (κ3) is 4.18. The number of hydrogen-bond acceptors (Lipinski definition) is 3. The average Bonchev–Trinajstić information content (AvgIpc) is 2.68. The van der Waals surface area contributed by atoms with Gasteiger partial charge in [-0.15, -0.1) is 0 Å². The van der Waals surface area contributed by atoms with E-state index in [0.717, 1.165) is 0 Å². The van der Waals surface area contributed by atoms with Crippen molar-refractivity contribution in [3.8, 4) is 0 Å². The van der Waals surface area contributed by atoms with E-state index in [4.69, 9.17) is 5.73 Å². The molecule has 0 bridgehead atoms. The fourth-order valence-electron chi connectivity index (χ4n) is 1.70. The summed E-state index contributed by atoms with van der Waals surface area (Å²) in [6, 6.07) is 1.67. The molecule has 0 saturated heterocycles. The van der Waals surface area contributed by atoms with Crippen molar-refractivity contribution in [3.05, 3.63) is 18.0 Å². The van der Waals surface area contributed by atoms with E-state index >= 15 is 0 Å². The van der Waals surface area contributed by atoms with Gasteiger partial charge in [-0.2, -0.15) is 0 Å². The summed E-state index contributed by atoms with van der Waals surface area (Å²) in [6.07, 6.45) is 4.12. The van der Waals surface area contributed by atoms with E-state index in [1.807, 2.05) is 18.4 Å². The molecule has 0 radical (unpaired) electrons. The number of nitrogens with zero attached hydrogens (tertiary/aromatic N) is 1. The Balaban J connectivity index is 2.61. The van der Waals surface area contributed by atoms with Crippen LogP contribution in [-0.4, -0.2) is 32.7 Å². The van der Waals surface area contributed by atoms with Gasteiger partial charge in [0.1, 0.15) is 5.69 Å². The number of carbonyl (C=O) groups is 1. The first-order valence-corrected chi connectivity index (χ1v) is 7.73. The van der Waals surface area contributed by atoms with Crippen molar-refractivity contribution in [2.75, 3.05) is 17.7 Å². The second-order valence-electron chi connectivity index (χ2n) is 4.39. The molecule has 1 amide bonds. The minimum Gasteiger partial charge on any atom is -0.397 e.